The van der Waals surface area contributed by atoms with Crippen LogP contribution in [0.2, 0.25) is 0 Å². The summed E-state index contributed by atoms with van der Waals surface area (Å²) in [5.41, 5.74) is 1.07. The van der Waals surface area contributed by atoms with Crippen LogP contribution in [-0.4, -0.2) is 11.5 Å². The van der Waals surface area contributed by atoms with Crippen molar-refractivity contribution in [2.75, 3.05) is 5.75 Å². The second-order valence-electron chi connectivity index (χ2n) is 4.54. The van der Waals surface area contributed by atoms with Crippen LogP contribution in [0.5, 0.6) is 0 Å². The van der Waals surface area contributed by atoms with Gasteiger partial charge in [-0.2, -0.15) is 0 Å². The SMILES string of the molecule is Cc1ccccc1SCC(=O)c1ccc(C)c(F)c1F. The van der Waals surface area contributed by atoms with Crippen molar-refractivity contribution in [2.24, 2.45) is 0 Å². The Hall–Kier alpha value is -1.68. The molecule has 4 heteroatoms. The molecule has 0 radical (unpaired) electrons. The van der Waals surface area contributed by atoms with Gasteiger partial charge in [0, 0.05) is 4.90 Å². The highest BCUT2D eigenvalue weighted by molar-refractivity contribution is 8.00. The molecule has 0 saturated carbocycles. The first-order valence-corrected chi connectivity index (χ1v) is 7.15. The summed E-state index contributed by atoms with van der Waals surface area (Å²) in [6.07, 6.45) is 0. The maximum Gasteiger partial charge on any atom is 0.176 e. The minimum absolute atomic E-state index is 0.0876. The van der Waals surface area contributed by atoms with Gasteiger partial charge >= 0.3 is 0 Å². The van der Waals surface area contributed by atoms with Crippen molar-refractivity contribution < 1.29 is 13.6 Å². The van der Waals surface area contributed by atoms with Gasteiger partial charge in [-0.1, -0.05) is 24.3 Å². The van der Waals surface area contributed by atoms with E-state index in [-0.39, 0.29) is 16.9 Å². The van der Waals surface area contributed by atoms with Crippen molar-refractivity contribution in [3.05, 3.63) is 64.7 Å². The molecule has 0 spiro atoms. The fourth-order valence-corrected chi connectivity index (χ4v) is 2.71. The lowest BCUT2D eigenvalue weighted by Crippen LogP contribution is -2.08. The van der Waals surface area contributed by atoms with Crippen LogP contribution in [0.1, 0.15) is 21.5 Å². The summed E-state index contributed by atoms with van der Waals surface area (Å²) >= 11 is 1.33. The Morgan fingerprint density at radius 3 is 2.40 bits per heavy atom. The number of carbonyl (C=O) groups is 1. The van der Waals surface area contributed by atoms with Crippen molar-refractivity contribution >= 4 is 17.5 Å². The van der Waals surface area contributed by atoms with Crippen LogP contribution in [0, 0.1) is 25.5 Å². The van der Waals surface area contributed by atoms with Crippen LogP contribution < -0.4 is 0 Å². The Balaban J connectivity index is 2.14. The number of hydrogen-bond donors (Lipinski definition) is 0. The summed E-state index contributed by atoms with van der Waals surface area (Å²) in [5, 5.41) is 0. The molecule has 0 aliphatic heterocycles. The van der Waals surface area contributed by atoms with Crippen molar-refractivity contribution in [1.82, 2.24) is 0 Å². The number of thioether (sulfide) groups is 1. The van der Waals surface area contributed by atoms with Gasteiger partial charge in [0.05, 0.1) is 11.3 Å². The average Bonchev–Trinajstić information content (AvgIpc) is 2.44. The maximum absolute atomic E-state index is 13.7. The number of Topliss-reactive ketones (excluding diaryl/α,β-unsaturated/α-hetero) is 1. The Bertz CT molecular complexity index is 653. The summed E-state index contributed by atoms with van der Waals surface area (Å²) < 4.78 is 27.2. The topological polar surface area (TPSA) is 17.1 Å². The second-order valence-corrected chi connectivity index (χ2v) is 5.55. The standard InChI is InChI=1S/C16H14F2OS/c1-10-5-3-4-6-14(10)20-9-13(19)12-8-7-11(2)15(17)16(12)18/h3-8H,9H2,1-2H3. The molecule has 1 nitrogen and oxygen atoms in total. The molecule has 0 heterocycles. The van der Waals surface area contributed by atoms with Gasteiger partial charge in [-0.15, -0.1) is 11.8 Å². The monoisotopic (exact) mass is 292 g/mol. The van der Waals surface area contributed by atoms with E-state index in [0.29, 0.717) is 0 Å². The van der Waals surface area contributed by atoms with Crippen molar-refractivity contribution in [3.8, 4) is 0 Å². The Morgan fingerprint density at radius 1 is 1.00 bits per heavy atom. The van der Waals surface area contributed by atoms with E-state index in [1.807, 2.05) is 31.2 Å². The molecule has 2 aromatic rings. The van der Waals surface area contributed by atoms with E-state index in [9.17, 15) is 13.6 Å². The fraction of sp³-hybridized carbons (Fsp3) is 0.188. The van der Waals surface area contributed by atoms with E-state index in [1.165, 1.54) is 30.8 Å². The molecule has 0 unspecified atom stereocenters. The predicted molar refractivity (Wildman–Crippen MR) is 77.3 cm³/mol. The molecule has 2 rings (SSSR count). The van der Waals surface area contributed by atoms with Crippen LogP contribution in [0.25, 0.3) is 0 Å². The molecular formula is C16H14F2OS. The molecule has 0 bridgehead atoms. The minimum atomic E-state index is -1.06. The predicted octanol–water partition coefficient (Wildman–Crippen LogP) is 4.56. The van der Waals surface area contributed by atoms with Crippen LogP contribution in [0.4, 0.5) is 8.78 Å². The molecule has 2 aromatic carbocycles. The molecule has 0 aliphatic rings. The lowest BCUT2D eigenvalue weighted by atomic mass is 10.1. The highest BCUT2D eigenvalue weighted by atomic mass is 32.2. The van der Waals surface area contributed by atoms with Gasteiger partial charge in [-0.05, 0) is 37.1 Å². The quantitative estimate of drug-likeness (QED) is 0.607. The van der Waals surface area contributed by atoms with Gasteiger partial charge < -0.3 is 0 Å². The van der Waals surface area contributed by atoms with Gasteiger partial charge in [-0.25, -0.2) is 8.78 Å². The maximum atomic E-state index is 13.7. The summed E-state index contributed by atoms with van der Waals surface area (Å²) in [5.74, 6) is -2.32. The molecule has 0 fully saturated rings. The van der Waals surface area contributed by atoms with Crippen molar-refractivity contribution in [2.45, 2.75) is 18.7 Å². The third-order valence-electron chi connectivity index (χ3n) is 3.03. The zero-order valence-corrected chi connectivity index (χ0v) is 12.1. The molecular weight excluding hydrogens is 278 g/mol. The summed E-state index contributed by atoms with van der Waals surface area (Å²) in [6, 6.07) is 10.4. The van der Waals surface area contributed by atoms with Crippen LogP contribution in [0.3, 0.4) is 0 Å². The van der Waals surface area contributed by atoms with Gasteiger partial charge in [0.15, 0.2) is 17.4 Å². The number of ketones is 1. The van der Waals surface area contributed by atoms with Crippen LogP contribution >= 0.6 is 11.8 Å². The molecule has 104 valence electrons. The molecule has 0 amide bonds. The first-order chi connectivity index (χ1) is 9.50. The number of rotatable bonds is 4. The van der Waals surface area contributed by atoms with E-state index in [4.69, 9.17) is 0 Å². The number of carbonyl (C=O) groups excluding carboxylic acids is 1. The van der Waals surface area contributed by atoms with Gasteiger partial charge in [0.1, 0.15) is 0 Å². The van der Waals surface area contributed by atoms with Crippen molar-refractivity contribution in [1.29, 1.82) is 0 Å². The summed E-state index contributed by atoms with van der Waals surface area (Å²) in [7, 11) is 0. The Kier molecular flexibility index (Phi) is 4.55. The van der Waals surface area contributed by atoms with E-state index in [0.717, 1.165) is 10.5 Å². The fourth-order valence-electron chi connectivity index (χ4n) is 1.80. The molecule has 20 heavy (non-hydrogen) atoms. The van der Waals surface area contributed by atoms with Gasteiger partial charge in [0.2, 0.25) is 0 Å². The zero-order chi connectivity index (χ0) is 14.7. The Labute approximate surface area is 121 Å². The molecule has 0 aliphatic carbocycles. The van der Waals surface area contributed by atoms with E-state index >= 15 is 0 Å². The Morgan fingerprint density at radius 2 is 1.70 bits per heavy atom. The molecule has 0 saturated heterocycles. The summed E-state index contributed by atoms with van der Waals surface area (Å²) in [4.78, 5) is 13.0. The number of aryl methyl sites for hydroxylation is 2. The molecule has 0 atom stereocenters. The minimum Gasteiger partial charge on any atom is -0.293 e. The molecule has 0 N–H and O–H groups in total. The smallest absolute Gasteiger partial charge is 0.176 e. The first kappa shape index (κ1) is 14.7. The zero-order valence-electron chi connectivity index (χ0n) is 11.2. The number of benzene rings is 2. The second kappa shape index (κ2) is 6.18. The normalized spacial score (nSPS) is 10.6. The van der Waals surface area contributed by atoms with E-state index in [1.54, 1.807) is 0 Å². The van der Waals surface area contributed by atoms with E-state index < -0.39 is 17.4 Å². The summed E-state index contributed by atoms with van der Waals surface area (Å²) in [6.45, 7) is 3.41. The van der Waals surface area contributed by atoms with E-state index in [2.05, 4.69) is 0 Å². The average molecular weight is 292 g/mol. The lowest BCUT2D eigenvalue weighted by molar-refractivity contribution is 0.101. The lowest BCUT2D eigenvalue weighted by Gasteiger charge is -2.07. The van der Waals surface area contributed by atoms with Gasteiger partial charge in [-0.3, -0.25) is 4.79 Å². The molecule has 0 aromatic heterocycles. The highest BCUT2D eigenvalue weighted by Crippen LogP contribution is 2.24. The largest absolute Gasteiger partial charge is 0.293 e. The third kappa shape index (κ3) is 3.07. The third-order valence-corrected chi connectivity index (χ3v) is 4.20. The van der Waals surface area contributed by atoms with Crippen LogP contribution in [0.15, 0.2) is 41.3 Å². The number of hydrogen-bond acceptors (Lipinski definition) is 2. The first-order valence-electron chi connectivity index (χ1n) is 6.17. The van der Waals surface area contributed by atoms with Gasteiger partial charge in [0.25, 0.3) is 0 Å². The van der Waals surface area contributed by atoms with Crippen LogP contribution in [-0.2, 0) is 0 Å². The van der Waals surface area contributed by atoms with Crippen molar-refractivity contribution in [3.63, 3.8) is 0 Å². The highest BCUT2D eigenvalue weighted by Gasteiger charge is 2.17. The number of halogens is 2.